The summed E-state index contributed by atoms with van der Waals surface area (Å²) in [7, 11) is 0. The van der Waals surface area contributed by atoms with Gasteiger partial charge in [-0.15, -0.1) is 0 Å². The Morgan fingerprint density at radius 1 is 1.35 bits per heavy atom. The molecule has 108 valence electrons. The molecule has 20 heavy (non-hydrogen) atoms. The molecule has 1 unspecified atom stereocenters. The van der Waals surface area contributed by atoms with E-state index in [2.05, 4.69) is 30.9 Å². The lowest BCUT2D eigenvalue weighted by Crippen LogP contribution is -2.34. The minimum absolute atomic E-state index is 0.120. The topological polar surface area (TPSA) is 29.5 Å². The number of rotatable bonds is 2. The first-order chi connectivity index (χ1) is 9.56. The van der Waals surface area contributed by atoms with Gasteiger partial charge in [-0.3, -0.25) is 9.69 Å². The minimum Gasteiger partial charge on any atom is -0.492 e. The SMILES string of the molecule is CC1(C)CCC(CN2CCOc3ccccc3C2)C1=O. The van der Waals surface area contributed by atoms with Crippen molar-refractivity contribution >= 4 is 5.78 Å². The first-order valence-electron chi connectivity index (χ1n) is 7.54. The molecule has 1 aliphatic heterocycles. The lowest BCUT2D eigenvalue weighted by Gasteiger charge is -2.23. The quantitative estimate of drug-likeness (QED) is 0.830. The minimum atomic E-state index is -0.120. The van der Waals surface area contributed by atoms with Crippen molar-refractivity contribution in [1.29, 1.82) is 0 Å². The zero-order chi connectivity index (χ0) is 14.2. The van der Waals surface area contributed by atoms with Crippen molar-refractivity contribution in [2.24, 2.45) is 11.3 Å². The number of fused-ring (bicyclic) bond motifs is 1. The molecule has 0 spiro atoms. The van der Waals surface area contributed by atoms with E-state index in [1.807, 2.05) is 12.1 Å². The van der Waals surface area contributed by atoms with Crippen LogP contribution in [-0.4, -0.2) is 30.4 Å². The first-order valence-corrected chi connectivity index (χ1v) is 7.54. The van der Waals surface area contributed by atoms with E-state index in [4.69, 9.17) is 4.74 Å². The molecule has 1 atom stereocenters. The number of carbonyl (C=O) groups is 1. The average Bonchev–Trinajstić information content (AvgIpc) is 2.62. The summed E-state index contributed by atoms with van der Waals surface area (Å²) in [5, 5.41) is 0. The summed E-state index contributed by atoms with van der Waals surface area (Å²) < 4.78 is 5.78. The van der Waals surface area contributed by atoms with Gasteiger partial charge in [-0.2, -0.15) is 0 Å². The molecule has 0 radical (unpaired) electrons. The van der Waals surface area contributed by atoms with Crippen LogP contribution in [0.3, 0.4) is 0 Å². The number of Topliss-reactive ketones (excluding diaryl/α,β-unsaturated/α-hetero) is 1. The van der Waals surface area contributed by atoms with Gasteiger partial charge in [0.1, 0.15) is 18.1 Å². The third-order valence-electron chi connectivity index (χ3n) is 4.67. The van der Waals surface area contributed by atoms with Gasteiger partial charge in [-0.1, -0.05) is 32.0 Å². The van der Waals surface area contributed by atoms with Crippen LogP contribution in [-0.2, 0) is 11.3 Å². The van der Waals surface area contributed by atoms with E-state index in [-0.39, 0.29) is 11.3 Å². The van der Waals surface area contributed by atoms with Crippen LogP contribution in [0.5, 0.6) is 5.75 Å². The predicted molar refractivity (Wildman–Crippen MR) is 78.7 cm³/mol. The Bertz CT molecular complexity index is 509. The Hall–Kier alpha value is -1.35. The number of ketones is 1. The molecule has 0 saturated heterocycles. The second-order valence-corrected chi connectivity index (χ2v) is 6.68. The molecule has 1 saturated carbocycles. The van der Waals surface area contributed by atoms with Gasteiger partial charge in [0.05, 0.1) is 0 Å². The molecular weight excluding hydrogens is 250 g/mol. The molecule has 1 aromatic carbocycles. The summed E-state index contributed by atoms with van der Waals surface area (Å²) in [6.07, 6.45) is 2.06. The maximum Gasteiger partial charge on any atom is 0.142 e. The summed E-state index contributed by atoms with van der Waals surface area (Å²) in [5.74, 6) is 1.64. The number of ether oxygens (including phenoxy) is 1. The summed E-state index contributed by atoms with van der Waals surface area (Å²) in [4.78, 5) is 14.7. The lowest BCUT2D eigenvalue weighted by molar-refractivity contribution is -0.128. The molecule has 0 aromatic heterocycles. The van der Waals surface area contributed by atoms with E-state index < -0.39 is 0 Å². The fourth-order valence-corrected chi connectivity index (χ4v) is 3.36. The van der Waals surface area contributed by atoms with Crippen LogP contribution in [0, 0.1) is 11.3 Å². The van der Waals surface area contributed by atoms with Gasteiger partial charge in [0.2, 0.25) is 0 Å². The van der Waals surface area contributed by atoms with Gasteiger partial charge in [-0.05, 0) is 18.9 Å². The second-order valence-electron chi connectivity index (χ2n) is 6.68. The van der Waals surface area contributed by atoms with E-state index in [1.165, 1.54) is 5.56 Å². The average molecular weight is 273 g/mol. The highest BCUT2D eigenvalue weighted by atomic mass is 16.5. The molecule has 1 aromatic rings. The van der Waals surface area contributed by atoms with Crippen LogP contribution in [0.2, 0.25) is 0 Å². The van der Waals surface area contributed by atoms with E-state index >= 15 is 0 Å². The van der Waals surface area contributed by atoms with Crippen LogP contribution in [0.25, 0.3) is 0 Å². The third kappa shape index (κ3) is 2.59. The van der Waals surface area contributed by atoms with Gasteiger partial charge < -0.3 is 4.74 Å². The number of nitrogens with zero attached hydrogens (tertiary/aromatic N) is 1. The van der Waals surface area contributed by atoms with Crippen LogP contribution in [0.1, 0.15) is 32.3 Å². The molecule has 0 N–H and O–H groups in total. The van der Waals surface area contributed by atoms with Gasteiger partial charge in [0, 0.05) is 36.5 Å². The highest BCUT2D eigenvalue weighted by Crippen LogP contribution is 2.38. The smallest absolute Gasteiger partial charge is 0.142 e. The second kappa shape index (κ2) is 5.21. The fourth-order valence-electron chi connectivity index (χ4n) is 3.36. The maximum atomic E-state index is 12.4. The van der Waals surface area contributed by atoms with Crippen molar-refractivity contribution in [2.75, 3.05) is 19.7 Å². The molecule has 1 aliphatic carbocycles. The van der Waals surface area contributed by atoms with E-state index in [0.717, 1.165) is 38.2 Å². The standard InChI is InChI=1S/C17H23NO2/c1-17(2)8-7-14(16(17)19)12-18-9-10-20-15-6-4-3-5-13(15)11-18/h3-6,14H,7-12H2,1-2H3. The Morgan fingerprint density at radius 2 is 2.15 bits per heavy atom. The molecule has 3 nitrogen and oxygen atoms in total. The molecule has 3 heteroatoms. The Morgan fingerprint density at radius 3 is 2.90 bits per heavy atom. The van der Waals surface area contributed by atoms with Crippen LogP contribution < -0.4 is 4.74 Å². The normalized spacial score (nSPS) is 25.9. The van der Waals surface area contributed by atoms with E-state index in [0.29, 0.717) is 12.4 Å². The molecule has 2 aliphatic rings. The van der Waals surface area contributed by atoms with E-state index in [9.17, 15) is 4.79 Å². The van der Waals surface area contributed by atoms with Crippen molar-refractivity contribution in [2.45, 2.75) is 33.2 Å². The van der Waals surface area contributed by atoms with Gasteiger partial charge >= 0.3 is 0 Å². The van der Waals surface area contributed by atoms with Crippen molar-refractivity contribution in [3.8, 4) is 5.75 Å². The molecular formula is C17H23NO2. The monoisotopic (exact) mass is 273 g/mol. The Kier molecular flexibility index (Phi) is 3.55. The third-order valence-corrected chi connectivity index (χ3v) is 4.67. The van der Waals surface area contributed by atoms with Crippen LogP contribution in [0.4, 0.5) is 0 Å². The number of hydrogen-bond donors (Lipinski definition) is 0. The summed E-state index contributed by atoms with van der Waals surface area (Å²) in [6, 6.07) is 8.21. The largest absolute Gasteiger partial charge is 0.492 e. The van der Waals surface area contributed by atoms with Crippen molar-refractivity contribution in [1.82, 2.24) is 4.90 Å². The van der Waals surface area contributed by atoms with Crippen LogP contribution in [0.15, 0.2) is 24.3 Å². The highest BCUT2D eigenvalue weighted by molar-refractivity contribution is 5.88. The Balaban J connectivity index is 1.69. The van der Waals surface area contributed by atoms with Gasteiger partial charge in [0.15, 0.2) is 0 Å². The summed E-state index contributed by atoms with van der Waals surface area (Å²) >= 11 is 0. The number of para-hydroxylation sites is 1. The van der Waals surface area contributed by atoms with E-state index in [1.54, 1.807) is 0 Å². The summed E-state index contributed by atoms with van der Waals surface area (Å²) in [6.45, 7) is 7.53. The maximum absolute atomic E-state index is 12.4. The highest BCUT2D eigenvalue weighted by Gasteiger charge is 2.40. The zero-order valence-electron chi connectivity index (χ0n) is 12.4. The molecule has 3 rings (SSSR count). The first kappa shape index (κ1) is 13.6. The number of hydrogen-bond acceptors (Lipinski definition) is 3. The van der Waals surface area contributed by atoms with Gasteiger partial charge in [-0.25, -0.2) is 0 Å². The predicted octanol–water partition coefficient (Wildman–Crippen LogP) is 2.89. The molecule has 0 amide bonds. The number of benzene rings is 1. The Labute approximate surface area is 120 Å². The molecule has 0 bridgehead atoms. The molecule has 1 fully saturated rings. The van der Waals surface area contributed by atoms with Crippen LogP contribution >= 0.6 is 0 Å². The van der Waals surface area contributed by atoms with Crippen molar-refractivity contribution in [3.05, 3.63) is 29.8 Å². The molecule has 1 heterocycles. The van der Waals surface area contributed by atoms with Gasteiger partial charge in [0.25, 0.3) is 0 Å². The summed E-state index contributed by atoms with van der Waals surface area (Å²) in [5.41, 5.74) is 1.11. The lowest BCUT2D eigenvalue weighted by atomic mass is 9.89. The number of carbonyl (C=O) groups excluding carboxylic acids is 1. The zero-order valence-corrected chi connectivity index (χ0v) is 12.4. The van der Waals surface area contributed by atoms with Crippen molar-refractivity contribution < 1.29 is 9.53 Å². The van der Waals surface area contributed by atoms with Crippen molar-refractivity contribution in [3.63, 3.8) is 0 Å². The fraction of sp³-hybridized carbons (Fsp3) is 0.588.